The molecule has 0 radical (unpaired) electrons. The second-order valence-corrected chi connectivity index (χ2v) is 7.60. The van der Waals surface area contributed by atoms with Crippen LogP contribution in [0.25, 0.3) is 0 Å². The van der Waals surface area contributed by atoms with Gasteiger partial charge in [0.2, 0.25) is 0 Å². The Hall–Kier alpha value is -0.730. The predicted octanol–water partition coefficient (Wildman–Crippen LogP) is 3.21. The average Bonchev–Trinajstić information content (AvgIpc) is 2.07. The Bertz CT molecular complexity index is 247. The molecule has 1 saturated heterocycles. The first kappa shape index (κ1) is 14.3. The highest BCUT2D eigenvalue weighted by molar-refractivity contribution is 5.75. The Morgan fingerprint density at radius 1 is 0.882 bits per heavy atom. The molecule has 1 aliphatic heterocycles. The number of carbonyl (C=O) groups is 1. The van der Waals surface area contributed by atoms with Gasteiger partial charge in [-0.2, -0.15) is 0 Å². The van der Waals surface area contributed by atoms with Crippen LogP contribution in [0.1, 0.15) is 48.0 Å². The van der Waals surface area contributed by atoms with Crippen molar-refractivity contribution in [2.24, 2.45) is 10.8 Å². The molecule has 1 heterocycles. The molecule has 17 heavy (non-hydrogen) atoms. The predicted molar refractivity (Wildman–Crippen MR) is 72.1 cm³/mol. The number of rotatable bonds is 2. The van der Waals surface area contributed by atoms with Crippen molar-refractivity contribution < 1.29 is 4.79 Å². The zero-order chi connectivity index (χ0) is 13.3. The van der Waals surface area contributed by atoms with Crippen molar-refractivity contribution in [1.82, 2.24) is 9.80 Å². The lowest BCUT2D eigenvalue weighted by Gasteiger charge is -2.41. The van der Waals surface area contributed by atoms with E-state index in [4.69, 9.17) is 0 Å². The lowest BCUT2D eigenvalue weighted by molar-refractivity contribution is 0.0959. The first-order valence-electron chi connectivity index (χ1n) is 6.62. The largest absolute Gasteiger partial charge is 0.324 e. The number of nitrogens with zero attached hydrogens (tertiary/aromatic N) is 2. The van der Waals surface area contributed by atoms with E-state index in [1.165, 1.54) is 0 Å². The van der Waals surface area contributed by atoms with Crippen molar-refractivity contribution in [2.45, 2.75) is 48.0 Å². The molecule has 0 aromatic rings. The zero-order valence-corrected chi connectivity index (χ0v) is 12.3. The van der Waals surface area contributed by atoms with E-state index in [0.717, 1.165) is 32.6 Å². The monoisotopic (exact) mass is 240 g/mol. The highest BCUT2D eigenvalue weighted by Crippen LogP contribution is 2.22. The average molecular weight is 240 g/mol. The van der Waals surface area contributed by atoms with Gasteiger partial charge in [0.15, 0.2) is 0 Å². The number of carbonyl (C=O) groups excluding carboxylic acids is 1. The van der Waals surface area contributed by atoms with Crippen LogP contribution >= 0.6 is 0 Å². The van der Waals surface area contributed by atoms with Crippen molar-refractivity contribution in [1.29, 1.82) is 0 Å². The van der Waals surface area contributed by atoms with Gasteiger partial charge in [0.05, 0.1) is 0 Å². The molecule has 0 aliphatic carbocycles. The summed E-state index contributed by atoms with van der Waals surface area (Å²) in [6.45, 7) is 16.6. The topological polar surface area (TPSA) is 23.6 Å². The summed E-state index contributed by atoms with van der Waals surface area (Å²) in [7, 11) is 0. The van der Waals surface area contributed by atoms with Crippen molar-refractivity contribution in [2.75, 3.05) is 26.2 Å². The van der Waals surface area contributed by atoms with Crippen LogP contribution in [0.4, 0.5) is 4.79 Å². The van der Waals surface area contributed by atoms with Crippen molar-refractivity contribution in [3.05, 3.63) is 0 Å². The van der Waals surface area contributed by atoms with Gasteiger partial charge in [0.25, 0.3) is 0 Å². The van der Waals surface area contributed by atoms with Gasteiger partial charge in [-0.25, -0.2) is 4.79 Å². The summed E-state index contributed by atoms with van der Waals surface area (Å²) in [5.74, 6) is 0. The maximum atomic E-state index is 12.3. The zero-order valence-electron chi connectivity index (χ0n) is 12.3. The normalized spacial score (nSPS) is 18.8. The van der Waals surface area contributed by atoms with Crippen LogP contribution in [0.2, 0.25) is 0 Å². The first-order valence-corrected chi connectivity index (χ1v) is 6.62. The number of urea groups is 1. The number of amides is 2. The Balaban J connectivity index is 2.63. The van der Waals surface area contributed by atoms with E-state index in [9.17, 15) is 4.79 Å². The number of hydrogen-bond acceptors (Lipinski definition) is 1. The van der Waals surface area contributed by atoms with Crippen molar-refractivity contribution in [3.8, 4) is 0 Å². The molecule has 1 rings (SSSR count). The molecule has 3 heteroatoms. The van der Waals surface area contributed by atoms with Gasteiger partial charge in [-0.3, -0.25) is 0 Å². The minimum absolute atomic E-state index is 0.181. The summed E-state index contributed by atoms with van der Waals surface area (Å²) < 4.78 is 0. The van der Waals surface area contributed by atoms with Gasteiger partial charge >= 0.3 is 6.03 Å². The molecule has 100 valence electrons. The third-order valence-corrected chi connectivity index (χ3v) is 2.73. The van der Waals surface area contributed by atoms with Crippen LogP contribution in [0.15, 0.2) is 0 Å². The van der Waals surface area contributed by atoms with Crippen LogP contribution in [0.5, 0.6) is 0 Å². The van der Waals surface area contributed by atoms with E-state index >= 15 is 0 Å². The van der Waals surface area contributed by atoms with E-state index in [2.05, 4.69) is 41.5 Å². The van der Waals surface area contributed by atoms with Gasteiger partial charge in [-0.1, -0.05) is 41.5 Å². The summed E-state index contributed by atoms with van der Waals surface area (Å²) in [6, 6.07) is 0.223. The molecule has 2 amide bonds. The molecule has 0 aromatic carbocycles. The molecule has 0 atom stereocenters. The SMILES string of the molecule is CC(C)(C)CN1CCCN(CC(C)(C)C)C1=O. The standard InChI is InChI=1S/C14H28N2O/c1-13(2,3)10-15-8-7-9-16(12(15)17)11-14(4,5)6/h7-11H2,1-6H3. The maximum Gasteiger partial charge on any atom is 0.320 e. The molecule has 0 N–H and O–H groups in total. The second kappa shape index (κ2) is 4.87. The molecular formula is C14H28N2O. The molecule has 0 aromatic heterocycles. The van der Waals surface area contributed by atoms with Gasteiger partial charge in [-0.05, 0) is 17.3 Å². The lowest BCUT2D eigenvalue weighted by Crippen LogP contribution is -2.53. The molecule has 0 spiro atoms. The molecule has 0 unspecified atom stereocenters. The highest BCUT2D eigenvalue weighted by atomic mass is 16.2. The van der Waals surface area contributed by atoms with Crippen molar-refractivity contribution >= 4 is 6.03 Å². The summed E-state index contributed by atoms with van der Waals surface area (Å²) >= 11 is 0. The second-order valence-electron chi connectivity index (χ2n) is 7.60. The summed E-state index contributed by atoms with van der Waals surface area (Å²) in [5.41, 5.74) is 0.362. The van der Waals surface area contributed by atoms with Gasteiger partial charge in [0, 0.05) is 26.2 Å². The molecule has 3 nitrogen and oxygen atoms in total. The van der Waals surface area contributed by atoms with Crippen LogP contribution in [0.3, 0.4) is 0 Å². The van der Waals surface area contributed by atoms with E-state index in [1.54, 1.807) is 0 Å². The molecule has 0 saturated carbocycles. The third kappa shape index (κ3) is 4.97. The minimum atomic E-state index is 0.181. The fourth-order valence-corrected chi connectivity index (χ4v) is 2.28. The quantitative estimate of drug-likeness (QED) is 0.727. The Morgan fingerprint density at radius 2 is 1.24 bits per heavy atom. The van der Waals surface area contributed by atoms with Crippen LogP contribution < -0.4 is 0 Å². The Kier molecular flexibility index (Phi) is 4.11. The van der Waals surface area contributed by atoms with E-state index in [1.807, 2.05) is 9.80 Å². The molecule has 0 bridgehead atoms. The highest BCUT2D eigenvalue weighted by Gasteiger charge is 2.30. The van der Waals surface area contributed by atoms with Crippen molar-refractivity contribution in [3.63, 3.8) is 0 Å². The fraction of sp³-hybridized carbons (Fsp3) is 0.929. The van der Waals surface area contributed by atoms with Crippen LogP contribution in [-0.2, 0) is 0 Å². The maximum absolute atomic E-state index is 12.3. The summed E-state index contributed by atoms with van der Waals surface area (Å²) in [5, 5.41) is 0. The Labute approximate surface area is 106 Å². The third-order valence-electron chi connectivity index (χ3n) is 2.73. The Morgan fingerprint density at radius 3 is 1.53 bits per heavy atom. The first-order chi connectivity index (χ1) is 7.58. The van der Waals surface area contributed by atoms with Crippen LogP contribution in [-0.4, -0.2) is 42.0 Å². The summed E-state index contributed by atoms with van der Waals surface area (Å²) in [6.07, 6.45) is 1.10. The van der Waals surface area contributed by atoms with Gasteiger partial charge < -0.3 is 9.80 Å². The molecule has 1 fully saturated rings. The van der Waals surface area contributed by atoms with E-state index < -0.39 is 0 Å². The summed E-state index contributed by atoms with van der Waals surface area (Å²) in [4.78, 5) is 16.4. The minimum Gasteiger partial charge on any atom is -0.324 e. The smallest absolute Gasteiger partial charge is 0.320 e. The molecular weight excluding hydrogens is 212 g/mol. The fourth-order valence-electron chi connectivity index (χ4n) is 2.28. The van der Waals surface area contributed by atoms with Gasteiger partial charge in [-0.15, -0.1) is 0 Å². The van der Waals surface area contributed by atoms with Crippen LogP contribution in [0, 0.1) is 10.8 Å². The number of hydrogen-bond donors (Lipinski definition) is 0. The van der Waals surface area contributed by atoms with E-state index in [-0.39, 0.29) is 16.9 Å². The lowest BCUT2D eigenvalue weighted by atomic mass is 9.94. The molecule has 1 aliphatic rings. The van der Waals surface area contributed by atoms with E-state index in [0.29, 0.717) is 0 Å². The van der Waals surface area contributed by atoms with Gasteiger partial charge in [0.1, 0.15) is 0 Å².